The van der Waals surface area contributed by atoms with Gasteiger partial charge in [0.1, 0.15) is 6.42 Å². The van der Waals surface area contributed by atoms with Crippen LogP contribution < -0.4 is 0 Å². The molecule has 0 radical (unpaired) electrons. The molecule has 2 aliphatic heterocycles. The molecule has 12 heteroatoms. The van der Waals surface area contributed by atoms with Gasteiger partial charge in [-0.1, -0.05) is 5.16 Å². The number of halogens is 3. The van der Waals surface area contributed by atoms with Gasteiger partial charge < -0.3 is 19.3 Å². The number of aromatic nitrogens is 2. The number of carboxylic acid groups (broad SMARTS) is 1. The Kier molecular flexibility index (Phi) is 7.35. The number of methoxy groups -OCH3 is 1. The minimum Gasteiger partial charge on any atom is -0.475 e. The molecule has 3 rings (SSSR count). The first-order chi connectivity index (χ1) is 13.1. The minimum atomic E-state index is -5.08. The van der Waals surface area contributed by atoms with Crippen molar-refractivity contribution in [2.45, 2.75) is 44.4 Å². The molecule has 1 aromatic heterocycles. The number of aryl methyl sites for hydroxylation is 1. The van der Waals surface area contributed by atoms with E-state index < -0.39 is 12.1 Å². The molecule has 2 atom stereocenters. The second-order valence-corrected chi connectivity index (χ2v) is 6.63. The first kappa shape index (κ1) is 22.1. The zero-order chi connectivity index (χ0) is 20.9. The molecule has 0 saturated carbocycles. The largest absolute Gasteiger partial charge is 0.490 e. The number of aliphatic carboxylic acids is 1. The number of hydrogen-bond acceptors (Lipinski definition) is 7. The molecular formula is C16H23F3N4O5. The highest BCUT2D eigenvalue weighted by Gasteiger charge is 2.41. The van der Waals surface area contributed by atoms with Crippen LogP contribution in [0.2, 0.25) is 0 Å². The van der Waals surface area contributed by atoms with Gasteiger partial charge in [-0.15, -0.1) is 0 Å². The van der Waals surface area contributed by atoms with Gasteiger partial charge in [0, 0.05) is 38.8 Å². The third-order valence-electron chi connectivity index (χ3n) is 4.65. The van der Waals surface area contributed by atoms with Crippen LogP contribution in [-0.4, -0.2) is 88.5 Å². The number of nitrogens with zero attached hydrogens (tertiary/aromatic N) is 4. The second kappa shape index (κ2) is 9.32. The fraction of sp³-hybridized carbons (Fsp3) is 0.750. The number of alkyl halides is 3. The number of carboxylic acids is 1. The predicted octanol–water partition coefficient (Wildman–Crippen LogP) is 0.875. The molecule has 0 aromatic carbocycles. The van der Waals surface area contributed by atoms with Gasteiger partial charge in [0.2, 0.25) is 11.8 Å². The fourth-order valence-corrected chi connectivity index (χ4v) is 3.41. The minimum absolute atomic E-state index is 0.0851. The number of carbonyl (C=O) groups excluding carboxylic acids is 1. The maximum absolute atomic E-state index is 12.4. The highest BCUT2D eigenvalue weighted by Crippen LogP contribution is 2.30. The van der Waals surface area contributed by atoms with E-state index in [1.807, 2.05) is 4.90 Å². The molecule has 158 valence electrons. The summed E-state index contributed by atoms with van der Waals surface area (Å²) in [5, 5.41) is 10.8. The maximum atomic E-state index is 12.4. The lowest BCUT2D eigenvalue weighted by atomic mass is 10.1. The summed E-state index contributed by atoms with van der Waals surface area (Å²) >= 11 is 0. The number of amides is 1. The highest BCUT2D eigenvalue weighted by atomic mass is 19.4. The quantitative estimate of drug-likeness (QED) is 0.765. The van der Waals surface area contributed by atoms with Crippen LogP contribution in [0.25, 0.3) is 0 Å². The zero-order valence-electron chi connectivity index (χ0n) is 15.6. The number of carbonyl (C=O) groups is 2. The Hall–Kier alpha value is -2.21. The monoisotopic (exact) mass is 408 g/mol. The van der Waals surface area contributed by atoms with Crippen molar-refractivity contribution >= 4 is 11.9 Å². The average molecular weight is 408 g/mol. The lowest BCUT2D eigenvalue weighted by molar-refractivity contribution is -0.192. The first-order valence-corrected chi connectivity index (χ1v) is 8.73. The number of fused-ring (bicyclic) bond motifs is 2. The van der Waals surface area contributed by atoms with Gasteiger partial charge in [-0.05, 0) is 19.8 Å². The second-order valence-electron chi connectivity index (χ2n) is 6.63. The average Bonchev–Trinajstić information content (AvgIpc) is 3.11. The summed E-state index contributed by atoms with van der Waals surface area (Å²) in [5.41, 5.74) is 0. The SMILES string of the molecule is COCCN1C2CCC1CN(C(=O)Cc1nc(C)no1)C2.O=C(O)C(F)(F)F. The van der Waals surface area contributed by atoms with Gasteiger partial charge in [0.15, 0.2) is 5.82 Å². The summed E-state index contributed by atoms with van der Waals surface area (Å²) in [6.07, 6.45) is -2.55. The highest BCUT2D eigenvalue weighted by molar-refractivity contribution is 5.78. The van der Waals surface area contributed by atoms with Crippen molar-refractivity contribution in [2.75, 3.05) is 33.4 Å². The molecule has 1 N–H and O–H groups in total. The summed E-state index contributed by atoms with van der Waals surface area (Å²) in [7, 11) is 1.73. The van der Waals surface area contributed by atoms with E-state index in [9.17, 15) is 18.0 Å². The molecule has 1 aromatic rings. The molecular weight excluding hydrogens is 385 g/mol. The van der Waals surface area contributed by atoms with E-state index in [0.29, 0.717) is 23.8 Å². The Morgan fingerprint density at radius 2 is 1.86 bits per heavy atom. The topological polar surface area (TPSA) is 109 Å². The van der Waals surface area contributed by atoms with Crippen molar-refractivity contribution in [1.29, 1.82) is 0 Å². The molecule has 2 bridgehead atoms. The van der Waals surface area contributed by atoms with E-state index >= 15 is 0 Å². The number of likely N-dealkylation sites (tertiary alicyclic amines) is 1. The van der Waals surface area contributed by atoms with Crippen molar-refractivity contribution in [3.05, 3.63) is 11.7 Å². The van der Waals surface area contributed by atoms with Crippen molar-refractivity contribution < 1.29 is 37.1 Å². The lowest BCUT2D eigenvalue weighted by Gasteiger charge is -2.40. The summed E-state index contributed by atoms with van der Waals surface area (Å²) < 4.78 is 41.9. The van der Waals surface area contributed by atoms with Crippen molar-refractivity contribution in [3.63, 3.8) is 0 Å². The number of rotatable bonds is 5. The smallest absolute Gasteiger partial charge is 0.475 e. The van der Waals surface area contributed by atoms with Crippen molar-refractivity contribution in [2.24, 2.45) is 0 Å². The van der Waals surface area contributed by atoms with Crippen LogP contribution in [0.3, 0.4) is 0 Å². The maximum Gasteiger partial charge on any atom is 0.490 e. The number of piperazine rings is 1. The Labute approximate surface area is 159 Å². The molecule has 2 saturated heterocycles. The molecule has 2 unspecified atom stereocenters. The van der Waals surface area contributed by atoms with Crippen LogP contribution in [0.4, 0.5) is 13.2 Å². The van der Waals surface area contributed by atoms with Gasteiger partial charge >= 0.3 is 12.1 Å². The van der Waals surface area contributed by atoms with Gasteiger partial charge in [-0.25, -0.2) is 4.79 Å². The summed E-state index contributed by atoms with van der Waals surface area (Å²) in [4.78, 5) is 29.8. The molecule has 0 aliphatic carbocycles. The van der Waals surface area contributed by atoms with Crippen LogP contribution in [0.5, 0.6) is 0 Å². The molecule has 2 aliphatic rings. The van der Waals surface area contributed by atoms with Gasteiger partial charge in [0.05, 0.1) is 6.61 Å². The standard InChI is InChI=1S/C14H22N4O3.C2HF3O2/c1-10-15-13(21-16-10)7-14(19)17-8-11-3-4-12(9-17)18(11)5-6-20-2;3-2(4,5)1(6)7/h11-12H,3-9H2,1-2H3;(H,6,7). The lowest BCUT2D eigenvalue weighted by Crippen LogP contribution is -2.56. The van der Waals surface area contributed by atoms with E-state index in [4.69, 9.17) is 19.2 Å². The van der Waals surface area contributed by atoms with E-state index in [1.165, 1.54) is 0 Å². The third kappa shape index (κ3) is 5.89. The number of ether oxygens (including phenoxy) is 1. The van der Waals surface area contributed by atoms with Crippen LogP contribution >= 0.6 is 0 Å². The van der Waals surface area contributed by atoms with Crippen LogP contribution in [0, 0.1) is 6.92 Å². The van der Waals surface area contributed by atoms with Crippen molar-refractivity contribution in [1.82, 2.24) is 19.9 Å². The summed E-state index contributed by atoms with van der Waals surface area (Å²) in [6.45, 7) is 5.06. The van der Waals surface area contributed by atoms with Gasteiger partial charge in [-0.3, -0.25) is 9.69 Å². The number of hydrogen-bond donors (Lipinski definition) is 1. The van der Waals surface area contributed by atoms with Crippen LogP contribution in [-0.2, 0) is 20.7 Å². The molecule has 3 heterocycles. The Bertz CT molecular complexity index is 667. The van der Waals surface area contributed by atoms with E-state index in [0.717, 1.165) is 39.1 Å². The van der Waals surface area contributed by atoms with E-state index in [2.05, 4.69) is 15.0 Å². The van der Waals surface area contributed by atoms with Gasteiger partial charge in [0.25, 0.3) is 0 Å². The summed E-state index contributed by atoms with van der Waals surface area (Å²) in [6, 6.07) is 0.930. The Morgan fingerprint density at radius 1 is 1.29 bits per heavy atom. The molecule has 2 fully saturated rings. The van der Waals surface area contributed by atoms with Crippen LogP contribution in [0.1, 0.15) is 24.6 Å². The third-order valence-corrected chi connectivity index (χ3v) is 4.65. The summed E-state index contributed by atoms with van der Waals surface area (Å²) in [5.74, 6) is -1.69. The Morgan fingerprint density at radius 3 is 2.29 bits per heavy atom. The van der Waals surface area contributed by atoms with E-state index in [1.54, 1.807) is 14.0 Å². The first-order valence-electron chi connectivity index (χ1n) is 8.73. The molecule has 1 amide bonds. The normalized spacial score (nSPS) is 22.0. The fourth-order valence-electron chi connectivity index (χ4n) is 3.41. The van der Waals surface area contributed by atoms with Crippen LogP contribution in [0.15, 0.2) is 4.52 Å². The molecule has 0 spiro atoms. The molecule has 28 heavy (non-hydrogen) atoms. The van der Waals surface area contributed by atoms with Crippen molar-refractivity contribution in [3.8, 4) is 0 Å². The predicted molar refractivity (Wildman–Crippen MR) is 88.4 cm³/mol. The van der Waals surface area contributed by atoms with Gasteiger partial charge in [-0.2, -0.15) is 18.2 Å². The molecule has 9 nitrogen and oxygen atoms in total. The van der Waals surface area contributed by atoms with E-state index in [-0.39, 0.29) is 12.3 Å². The Balaban J connectivity index is 0.000000345. The zero-order valence-corrected chi connectivity index (χ0v) is 15.6.